The second-order valence-electron chi connectivity index (χ2n) is 4.43. The van der Waals surface area contributed by atoms with Crippen LogP contribution in [0.25, 0.3) is 0 Å². The molecule has 7 heteroatoms. The fourth-order valence-electron chi connectivity index (χ4n) is 2.32. The molecule has 0 bridgehead atoms. The van der Waals surface area contributed by atoms with Gasteiger partial charge in [-0.05, 0) is 5.56 Å². The van der Waals surface area contributed by atoms with Crippen molar-refractivity contribution in [1.29, 1.82) is 0 Å². The first-order chi connectivity index (χ1) is 9.61. The van der Waals surface area contributed by atoms with E-state index in [9.17, 15) is 19.1 Å². The van der Waals surface area contributed by atoms with Crippen molar-refractivity contribution in [3.8, 4) is 0 Å². The lowest BCUT2D eigenvalue weighted by molar-refractivity contribution is -0.0345. The van der Waals surface area contributed by atoms with Gasteiger partial charge >= 0.3 is 5.69 Å². The number of aromatic amines is 1. The molecular formula is C13H11FN2O4. The van der Waals surface area contributed by atoms with Crippen molar-refractivity contribution in [1.82, 2.24) is 9.55 Å². The Morgan fingerprint density at radius 3 is 2.70 bits per heavy atom. The number of benzene rings is 1. The highest BCUT2D eigenvalue weighted by molar-refractivity contribution is 5.34. The summed E-state index contributed by atoms with van der Waals surface area (Å²) in [5, 5.41) is 9.30. The maximum Gasteiger partial charge on any atom is 0.330 e. The summed E-state index contributed by atoms with van der Waals surface area (Å²) in [6, 6.07) is 7.03. The Bertz CT molecular complexity index is 767. The summed E-state index contributed by atoms with van der Waals surface area (Å²) in [4.78, 5) is 24.7. The first-order valence-electron chi connectivity index (χ1n) is 5.98. The van der Waals surface area contributed by atoms with Gasteiger partial charge in [-0.1, -0.05) is 24.3 Å². The van der Waals surface area contributed by atoms with Crippen molar-refractivity contribution >= 4 is 0 Å². The summed E-state index contributed by atoms with van der Waals surface area (Å²) in [6.07, 6.45) is -0.650. The highest BCUT2D eigenvalue weighted by Crippen LogP contribution is 2.38. The van der Waals surface area contributed by atoms with Gasteiger partial charge in [0, 0.05) is 5.56 Å². The fourth-order valence-corrected chi connectivity index (χ4v) is 2.32. The molecule has 0 fully saturated rings. The van der Waals surface area contributed by atoms with Gasteiger partial charge in [0.1, 0.15) is 6.10 Å². The van der Waals surface area contributed by atoms with Crippen LogP contribution in [0.15, 0.2) is 40.1 Å². The van der Waals surface area contributed by atoms with E-state index in [1.54, 1.807) is 24.3 Å². The molecule has 1 aliphatic heterocycles. The molecule has 2 atom stereocenters. The third-order valence-electron chi connectivity index (χ3n) is 3.24. The standard InChI is InChI=1S/C13H11FN2O4/c14-9-5-16(13(19)15-11(9)18)12-8-4-2-1-3-7(8)10(6-17)20-12/h1-5,10,12,17H,6H2,(H,15,18,19). The number of H-pyrrole nitrogens is 1. The highest BCUT2D eigenvalue weighted by Gasteiger charge is 2.33. The van der Waals surface area contributed by atoms with Gasteiger partial charge in [0.2, 0.25) is 5.82 Å². The summed E-state index contributed by atoms with van der Waals surface area (Å²) >= 11 is 0. The van der Waals surface area contributed by atoms with E-state index < -0.39 is 29.4 Å². The molecule has 104 valence electrons. The molecular weight excluding hydrogens is 267 g/mol. The van der Waals surface area contributed by atoms with E-state index in [4.69, 9.17) is 4.74 Å². The van der Waals surface area contributed by atoms with Crippen LogP contribution in [0.3, 0.4) is 0 Å². The van der Waals surface area contributed by atoms with Crippen molar-refractivity contribution < 1.29 is 14.2 Å². The minimum atomic E-state index is -1.07. The molecule has 2 unspecified atom stereocenters. The number of aliphatic hydroxyl groups excluding tert-OH is 1. The Hall–Kier alpha value is -2.25. The quantitative estimate of drug-likeness (QED) is 0.826. The van der Waals surface area contributed by atoms with Crippen molar-refractivity contribution in [2.45, 2.75) is 12.3 Å². The topological polar surface area (TPSA) is 84.3 Å². The number of aromatic nitrogens is 2. The smallest absolute Gasteiger partial charge is 0.330 e. The summed E-state index contributed by atoms with van der Waals surface area (Å²) in [5.74, 6) is -1.07. The SMILES string of the molecule is O=c1[nH]c(=O)n(C2OC(CO)c3ccccc32)cc1F. The first kappa shape index (κ1) is 12.8. The molecule has 0 amide bonds. The second-order valence-corrected chi connectivity index (χ2v) is 4.43. The van der Waals surface area contributed by atoms with Crippen LogP contribution in [0.5, 0.6) is 0 Å². The van der Waals surface area contributed by atoms with Crippen molar-refractivity contribution in [2.24, 2.45) is 0 Å². The number of fused-ring (bicyclic) bond motifs is 1. The summed E-state index contributed by atoms with van der Waals surface area (Å²) in [7, 11) is 0. The van der Waals surface area contributed by atoms with Crippen LogP contribution in [0, 0.1) is 5.82 Å². The molecule has 0 saturated heterocycles. The van der Waals surface area contributed by atoms with Crippen molar-refractivity contribution in [3.05, 3.63) is 68.2 Å². The van der Waals surface area contributed by atoms with Crippen LogP contribution in [0.4, 0.5) is 4.39 Å². The number of hydrogen-bond donors (Lipinski definition) is 2. The average Bonchev–Trinajstić information content (AvgIpc) is 2.82. The number of hydrogen-bond acceptors (Lipinski definition) is 4. The van der Waals surface area contributed by atoms with E-state index >= 15 is 0 Å². The Kier molecular flexibility index (Phi) is 3.00. The van der Waals surface area contributed by atoms with E-state index in [2.05, 4.69) is 0 Å². The van der Waals surface area contributed by atoms with E-state index in [1.807, 2.05) is 4.98 Å². The lowest BCUT2D eigenvalue weighted by Crippen LogP contribution is -2.34. The molecule has 6 nitrogen and oxygen atoms in total. The Balaban J connectivity index is 2.16. The lowest BCUT2D eigenvalue weighted by atomic mass is 10.0. The molecule has 3 rings (SSSR count). The zero-order valence-electron chi connectivity index (χ0n) is 10.2. The van der Waals surface area contributed by atoms with Crippen LogP contribution >= 0.6 is 0 Å². The number of halogens is 1. The minimum absolute atomic E-state index is 0.256. The van der Waals surface area contributed by atoms with E-state index in [0.29, 0.717) is 5.56 Å². The Morgan fingerprint density at radius 2 is 2.00 bits per heavy atom. The van der Waals surface area contributed by atoms with Crippen LogP contribution in [0.1, 0.15) is 23.5 Å². The molecule has 20 heavy (non-hydrogen) atoms. The lowest BCUT2D eigenvalue weighted by Gasteiger charge is -2.15. The molecule has 0 saturated carbocycles. The van der Waals surface area contributed by atoms with Gasteiger partial charge in [0.25, 0.3) is 5.56 Å². The van der Waals surface area contributed by atoms with Gasteiger partial charge in [0.05, 0.1) is 12.8 Å². The summed E-state index contributed by atoms with van der Waals surface area (Å²) in [5.41, 5.74) is -0.454. The Labute approximate surface area is 112 Å². The van der Waals surface area contributed by atoms with E-state index in [1.165, 1.54) is 0 Å². The predicted molar refractivity (Wildman–Crippen MR) is 66.8 cm³/mol. The zero-order valence-corrected chi connectivity index (χ0v) is 10.2. The Morgan fingerprint density at radius 1 is 1.30 bits per heavy atom. The van der Waals surface area contributed by atoms with Crippen molar-refractivity contribution in [2.75, 3.05) is 6.61 Å². The molecule has 0 radical (unpaired) electrons. The molecule has 0 aliphatic carbocycles. The molecule has 2 aromatic rings. The number of aliphatic hydroxyl groups is 1. The van der Waals surface area contributed by atoms with E-state index in [-0.39, 0.29) is 6.61 Å². The zero-order chi connectivity index (χ0) is 14.3. The molecule has 1 aromatic carbocycles. The predicted octanol–water partition coefficient (Wildman–Crippen LogP) is 0.286. The third-order valence-corrected chi connectivity index (χ3v) is 3.24. The summed E-state index contributed by atoms with van der Waals surface area (Å²) in [6.45, 7) is -0.256. The monoisotopic (exact) mass is 278 g/mol. The number of nitrogens with one attached hydrogen (secondary N) is 1. The van der Waals surface area contributed by atoms with Gasteiger partial charge in [0.15, 0.2) is 6.23 Å². The number of rotatable bonds is 2. The first-order valence-corrected chi connectivity index (χ1v) is 5.98. The third kappa shape index (κ3) is 1.87. The molecule has 0 spiro atoms. The van der Waals surface area contributed by atoms with Crippen LogP contribution < -0.4 is 11.2 Å². The normalized spacial score (nSPS) is 20.9. The molecule has 1 aliphatic rings. The maximum absolute atomic E-state index is 13.4. The van der Waals surface area contributed by atoms with Crippen LogP contribution in [-0.2, 0) is 4.74 Å². The second kappa shape index (κ2) is 4.69. The van der Waals surface area contributed by atoms with Gasteiger partial charge in [-0.15, -0.1) is 0 Å². The van der Waals surface area contributed by atoms with Gasteiger partial charge in [-0.3, -0.25) is 14.3 Å². The molecule has 2 N–H and O–H groups in total. The highest BCUT2D eigenvalue weighted by atomic mass is 19.1. The minimum Gasteiger partial charge on any atom is -0.393 e. The molecule has 2 heterocycles. The average molecular weight is 278 g/mol. The molecule has 1 aromatic heterocycles. The maximum atomic E-state index is 13.4. The van der Waals surface area contributed by atoms with Gasteiger partial charge in [-0.2, -0.15) is 4.39 Å². The summed E-state index contributed by atoms with van der Waals surface area (Å²) < 4.78 is 19.9. The number of nitrogens with zero attached hydrogens (tertiary/aromatic N) is 1. The van der Waals surface area contributed by atoms with E-state index in [0.717, 1.165) is 16.3 Å². The van der Waals surface area contributed by atoms with Gasteiger partial charge in [-0.25, -0.2) is 4.79 Å². The van der Waals surface area contributed by atoms with Crippen LogP contribution in [-0.4, -0.2) is 21.3 Å². The number of ether oxygens (including phenoxy) is 1. The largest absolute Gasteiger partial charge is 0.393 e. The van der Waals surface area contributed by atoms with Crippen molar-refractivity contribution in [3.63, 3.8) is 0 Å². The van der Waals surface area contributed by atoms with Gasteiger partial charge < -0.3 is 9.84 Å². The van der Waals surface area contributed by atoms with Crippen LogP contribution in [0.2, 0.25) is 0 Å². The fraction of sp³-hybridized carbons (Fsp3) is 0.231.